The van der Waals surface area contributed by atoms with Crippen LogP contribution in [0.2, 0.25) is 0 Å². The molecule has 0 bridgehead atoms. The summed E-state index contributed by atoms with van der Waals surface area (Å²) in [5, 5.41) is 0. The van der Waals surface area contributed by atoms with E-state index in [9.17, 15) is 4.79 Å². The van der Waals surface area contributed by atoms with Gasteiger partial charge in [-0.1, -0.05) is 12.2 Å². The van der Waals surface area contributed by atoms with E-state index in [1.807, 2.05) is 24.3 Å². The number of nitrogens with zero attached hydrogens (tertiary/aromatic N) is 1. The molecule has 0 spiro atoms. The molecular weight excluding hydrogens is 162 g/mol. The smallest absolute Gasteiger partial charge is 0.254 e. The van der Waals surface area contributed by atoms with Crippen molar-refractivity contribution in [1.29, 1.82) is 0 Å². The van der Waals surface area contributed by atoms with Crippen molar-refractivity contribution in [3.05, 3.63) is 49.3 Å². The zero-order valence-electron chi connectivity index (χ0n) is 7.52. The van der Waals surface area contributed by atoms with Crippen LogP contribution in [0.3, 0.4) is 0 Å². The molecule has 0 atom stereocenters. The third-order valence-electron chi connectivity index (χ3n) is 1.66. The molecular formula is C11H13NO. The molecule has 1 aromatic heterocycles. The Bertz CT molecular complexity index is 296. The number of unbranched alkanes of at least 4 members (excludes halogenated alkanes) is 1. The zero-order valence-corrected chi connectivity index (χ0v) is 7.52. The van der Waals surface area contributed by atoms with Crippen molar-refractivity contribution in [1.82, 2.24) is 4.57 Å². The summed E-state index contributed by atoms with van der Waals surface area (Å²) in [6, 6.07) is 3.66. The largest absolute Gasteiger partial charge is 0.291 e. The molecule has 68 valence electrons. The minimum Gasteiger partial charge on any atom is -0.291 e. The van der Waals surface area contributed by atoms with Gasteiger partial charge in [-0.15, -0.1) is 6.58 Å². The predicted molar refractivity (Wildman–Crippen MR) is 53.6 cm³/mol. The minimum absolute atomic E-state index is 0.00550. The van der Waals surface area contributed by atoms with Gasteiger partial charge in [0.2, 0.25) is 0 Å². The molecule has 0 aliphatic heterocycles. The molecule has 1 aromatic rings. The van der Waals surface area contributed by atoms with Crippen molar-refractivity contribution in [3.63, 3.8) is 0 Å². The Balaban J connectivity index is 2.42. The zero-order chi connectivity index (χ0) is 9.52. The summed E-state index contributed by atoms with van der Waals surface area (Å²) in [6.07, 6.45) is 10.5. The van der Waals surface area contributed by atoms with E-state index in [-0.39, 0.29) is 5.91 Å². The highest BCUT2D eigenvalue weighted by atomic mass is 16.1. The minimum atomic E-state index is -0.00550. The summed E-state index contributed by atoms with van der Waals surface area (Å²) < 4.78 is 1.55. The summed E-state index contributed by atoms with van der Waals surface area (Å²) in [5.41, 5.74) is 0. The van der Waals surface area contributed by atoms with Crippen LogP contribution in [0.4, 0.5) is 0 Å². The van der Waals surface area contributed by atoms with Crippen molar-refractivity contribution in [3.8, 4) is 0 Å². The van der Waals surface area contributed by atoms with Gasteiger partial charge in [-0.05, 0) is 31.1 Å². The van der Waals surface area contributed by atoms with Crippen LogP contribution in [0.1, 0.15) is 17.6 Å². The number of carbonyl (C=O) groups is 1. The molecule has 1 heterocycles. The Hall–Kier alpha value is -1.57. The highest BCUT2D eigenvalue weighted by Crippen LogP contribution is 1.94. The molecule has 0 saturated carbocycles. The van der Waals surface area contributed by atoms with Crippen LogP contribution in [0.5, 0.6) is 0 Å². The van der Waals surface area contributed by atoms with Crippen LogP contribution < -0.4 is 0 Å². The summed E-state index contributed by atoms with van der Waals surface area (Å²) in [6.45, 7) is 3.60. The Morgan fingerprint density at radius 2 is 2.00 bits per heavy atom. The second-order valence-electron chi connectivity index (χ2n) is 2.70. The lowest BCUT2D eigenvalue weighted by Crippen LogP contribution is -2.03. The SMILES string of the molecule is C=CCC/C=C/C(=O)n1cccc1. The summed E-state index contributed by atoms with van der Waals surface area (Å²) in [7, 11) is 0. The van der Waals surface area contributed by atoms with Crippen molar-refractivity contribution in [2.24, 2.45) is 0 Å². The number of aromatic nitrogens is 1. The maximum absolute atomic E-state index is 11.3. The fourth-order valence-corrected chi connectivity index (χ4v) is 0.966. The maximum Gasteiger partial charge on any atom is 0.254 e. The van der Waals surface area contributed by atoms with Gasteiger partial charge >= 0.3 is 0 Å². The lowest BCUT2D eigenvalue weighted by atomic mass is 10.3. The summed E-state index contributed by atoms with van der Waals surface area (Å²) >= 11 is 0. The highest BCUT2D eigenvalue weighted by Gasteiger charge is 1.94. The molecule has 0 aliphatic rings. The Labute approximate surface area is 78.2 Å². The number of carbonyl (C=O) groups excluding carboxylic acids is 1. The molecule has 0 aromatic carbocycles. The third-order valence-corrected chi connectivity index (χ3v) is 1.66. The number of hydrogen-bond acceptors (Lipinski definition) is 1. The second kappa shape index (κ2) is 5.14. The molecule has 2 nitrogen and oxygen atoms in total. The van der Waals surface area contributed by atoms with Gasteiger partial charge in [0.15, 0.2) is 0 Å². The summed E-state index contributed by atoms with van der Waals surface area (Å²) in [4.78, 5) is 11.3. The molecule has 0 amide bonds. The van der Waals surface area contributed by atoms with Gasteiger partial charge < -0.3 is 0 Å². The topological polar surface area (TPSA) is 22.0 Å². The van der Waals surface area contributed by atoms with Gasteiger partial charge in [-0.2, -0.15) is 0 Å². The standard InChI is InChI=1S/C11H13NO/c1-2-3-4-5-8-11(13)12-9-6-7-10-12/h2,5-10H,1,3-4H2/b8-5+. The molecule has 0 unspecified atom stereocenters. The first kappa shape index (κ1) is 9.52. The quantitative estimate of drug-likeness (QED) is 0.391. The van der Waals surface area contributed by atoms with E-state index in [1.165, 1.54) is 0 Å². The average molecular weight is 175 g/mol. The average Bonchev–Trinajstić information content (AvgIpc) is 2.65. The molecule has 0 aliphatic carbocycles. The fourth-order valence-electron chi connectivity index (χ4n) is 0.966. The van der Waals surface area contributed by atoms with Crippen molar-refractivity contribution in [2.75, 3.05) is 0 Å². The molecule has 0 N–H and O–H groups in total. The van der Waals surface area contributed by atoms with E-state index < -0.39 is 0 Å². The van der Waals surface area contributed by atoms with Gasteiger partial charge in [0, 0.05) is 12.4 Å². The molecule has 13 heavy (non-hydrogen) atoms. The first-order valence-corrected chi connectivity index (χ1v) is 4.29. The molecule has 2 heteroatoms. The lowest BCUT2D eigenvalue weighted by Gasteiger charge is -1.93. The van der Waals surface area contributed by atoms with Crippen molar-refractivity contribution < 1.29 is 4.79 Å². The number of rotatable bonds is 4. The van der Waals surface area contributed by atoms with Gasteiger partial charge in [-0.3, -0.25) is 9.36 Å². The first-order chi connectivity index (χ1) is 6.34. The predicted octanol–water partition coefficient (Wildman–Crippen LogP) is 2.65. The van der Waals surface area contributed by atoms with Gasteiger partial charge in [0.1, 0.15) is 0 Å². The van der Waals surface area contributed by atoms with Crippen LogP contribution in [0.25, 0.3) is 0 Å². The molecule has 1 rings (SSSR count). The van der Waals surface area contributed by atoms with E-state index in [0.29, 0.717) is 0 Å². The lowest BCUT2D eigenvalue weighted by molar-refractivity contribution is 0.0969. The van der Waals surface area contributed by atoms with Crippen LogP contribution in [-0.4, -0.2) is 10.5 Å². The first-order valence-electron chi connectivity index (χ1n) is 4.29. The van der Waals surface area contributed by atoms with E-state index in [0.717, 1.165) is 12.8 Å². The Morgan fingerprint density at radius 3 is 2.62 bits per heavy atom. The van der Waals surface area contributed by atoms with E-state index in [4.69, 9.17) is 0 Å². The highest BCUT2D eigenvalue weighted by molar-refractivity contribution is 5.89. The van der Waals surface area contributed by atoms with Crippen molar-refractivity contribution in [2.45, 2.75) is 12.8 Å². The second-order valence-corrected chi connectivity index (χ2v) is 2.70. The Morgan fingerprint density at radius 1 is 1.31 bits per heavy atom. The third kappa shape index (κ3) is 3.11. The van der Waals surface area contributed by atoms with Gasteiger partial charge in [-0.25, -0.2) is 0 Å². The van der Waals surface area contributed by atoms with Crippen LogP contribution in [0, 0.1) is 0 Å². The monoisotopic (exact) mass is 175 g/mol. The van der Waals surface area contributed by atoms with Gasteiger partial charge in [0.25, 0.3) is 5.91 Å². The van der Waals surface area contributed by atoms with E-state index in [2.05, 4.69) is 6.58 Å². The molecule has 0 fully saturated rings. The van der Waals surface area contributed by atoms with E-state index >= 15 is 0 Å². The fraction of sp³-hybridized carbons (Fsp3) is 0.182. The van der Waals surface area contributed by atoms with Crippen LogP contribution in [0.15, 0.2) is 49.3 Å². The summed E-state index contributed by atoms with van der Waals surface area (Å²) in [5.74, 6) is -0.00550. The number of hydrogen-bond donors (Lipinski definition) is 0. The van der Waals surface area contributed by atoms with Crippen LogP contribution >= 0.6 is 0 Å². The Kier molecular flexibility index (Phi) is 3.76. The maximum atomic E-state index is 11.3. The van der Waals surface area contributed by atoms with Gasteiger partial charge in [0.05, 0.1) is 0 Å². The molecule has 0 radical (unpaired) electrons. The molecule has 0 saturated heterocycles. The normalized spacial score (nSPS) is 10.5. The van der Waals surface area contributed by atoms with Crippen LogP contribution in [-0.2, 0) is 0 Å². The van der Waals surface area contributed by atoms with E-state index in [1.54, 1.807) is 23.0 Å². The number of allylic oxidation sites excluding steroid dienone is 3. The van der Waals surface area contributed by atoms with Crippen molar-refractivity contribution >= 4 is 5.91 Å².